The maximum absolute atomic E-state index is 12.3. The Kier molecular flexibility index (Phi) is 7.07. The van der Waals surface area contributed by atoms with Crippen LogP contribution in [0.4, 0.5) is 0 Å². The van der Waals surface area contributed by atoms with E-state index in [9.17, 15) is 26.7 Å². The zero-order chi connectivity index (χ0) is 21.1. The largest absolute Gasteiger partial charge is 0.453 e. The third-order valence-corrected chi connectivity index (χ3v) is 4.49. The predicted molar refractivity (Wildman–Crippen MR) is 88.4 cm³/mol. The Labute approximate surface area is 159 Å². The maximum atomic E-state index is 12.3. The van der Waals surface area contributed by atoms with Crippen molar-refractivity contribution in [1.82, 2.24) is 0 Å². The van der Waals surface area contributed by atoms with E-state index in [0.717, 1.165) is 0 Å². The summed E-state index contributed by atoms with van der Waals surface area (Å²) in [5, 5.41) is 9.97. The van der Waals surface area contributed by atoms with Crippen LogP contribution in [-0.2, 0) is 38.6 Å². The second kappa shape index (κ2) is 8.76. The minimum atomic E-state index is -5.21. The summed E-state index contributed by atoms with van der Waals surface area (Å²) in [6, 6.07) is 7.21. The number of hydrogen-bond acceptors (Lipinski definition) is 11. The van der Waals surface area contributed by atoms with Gasteiger partial charge in [-0.2, -0.15) is 16.8 Å². The number of esters is 1. The van der Waals surface area contributed by atoms with Crippen LogP contribution in [-0.4, -0.2) is 74.3 Å². The Balaban J connectivity index is 2.43. The summed E-state index contributed by atoms with van der Waals surface area (Å²) < 4.78 is 81.0. The van der Waals surface area contributed by atoms with E-state index in [2.05, 4.69) is 8.37 Å². The van der Waals surface area contributed by atoms with Gasteiger partial charge in [0.15, 0.2) is 18.5 Å². The molecular weight excluding hydrogens is 426 g/mol. The Bertz CT molecular complexity index is 887. The van der Waals surface area contributed by atoms with Crippen molar-refractivity contribution in [3.8, 4) is 0 Å². The van der Waals surface area contributed by atoms with E-state index >= 15 is 0 Å². The molecule has 28 heavy (non-hydrogen) atoms. The van der Waals surface area contributed by atoms with Crippen molar-refractivity contribution in [3.05, 3.63) is 35.9 Å². The third-order valence-electron chi connectivity index (χ3n) is 3.56. The Morgan fingerprint density at radius 2 is 1.54 bits per heavy atom. The van der Waals surface area contributed by atoms with Crippen molar-refractivity contribution < 1.29 is 53.7 Å². The molecule has 5 atom stereocenters. The highest BCUT2D eigenvalue weighted by atomic mass is 32.3. The second-order valence-electron chi connectivity index (χ2n) is 5.51. The second-order valence-corrected chi connectivity index (χ2v) is 7.61. The van der Waals surface area contributed by atoms with Crippen LogP contribution in [0.1, 0.15) is 10.4 Å². The first kappa shape index (κ1) is 22.6. The number of benzene rings is 1. The van der Waals surface area contributed by atoms with Crippen molar-refractivity contribution in [2.75, 3.05) is 6.54 Å². The zero-order valence-corrected chi connectivity index (χ0v) is 15.5. The number of aliphatic hydroxyl groups excluding tert-OH is 1. The molecule has 1 fully saturated rings. The van der Waals surface area contributed by atoms with Crippen LogP contribution in [0.25, 0.3) is 0 Å². The molecule has 0 amide bonds. The lowest BCUT2D eigenvalue weighted by atomic mass is 9.98. The van der Waals surface area contributed by atoms with Gasteiger partial charge in [-0.25, -0.2) is 13.2 Å². The fraction of sp³-hybridized carbons (Fsp3) is 0.462. The number of carbonyl (C=O) groups excluding carboxylic acids is 1. The van der Waals surface area contributed by atoms with Gasteiger partial charge in [-0.1, -0.05) is 18.2 Å². The number of aliphatic hydroxyl groups is 1. The highest BCUT2D eigenvalue weighted by Gasteiger charge is 2.52. The molecule has 1 aliphatic rings. The Hall–Kier alpha value is -1.69. The molecule has 0 unspecified atom stereocenters. The minimum absolute atomic E-state index is 0.0241. The summed E-state index contributed by atoms with van der Waals surface area (Å²) in [5.74, 6) is -1.08. The van der Waals surface area contributed by atoms with E-state index in [1.165, 1.54) is 24.3 Å². The molecule has 5 N–H and O–H groups in total. The van der Waals surface area contributed by atoms with Crippen molar-refractivity contribution in [3.63, 3.8) is 0 Å². The number of rotatable bonds is 7. The number of hydrogen-bond donors (Lipinski definition) is 4. The molecule has 15 heteroatoms. The topological polar surface area (TPSA) is 209 Å². The SMILES string of the molecule is NC[C@H]1O[C@H](O)[C@@H](OS(=O)(=O)O)[C@@H](OC(=O)c2ccccc2)[C@@H]1OS(=O)(=O)O. The Morgan fingerprint density at radius 1 is 1.00 bits per heavy atom. The summed E-state index contributed by atoms with van der Waals surface area (Å²) >= 11 is 0. The zero-order valence-electron chi connectivity index (χ0n) is 13.9. The average Bonchev–Trinajstić information content (AvgIpc) is 2.58. The molecule has 0 radical (unpaired) electrons. The van der Waals surface area contributed by atoms with Crippen LogP contribution in [0.2, 0.25) is 0 Å². The van der Waals surface area contributed by atoms with Gasteiger partial charge in [-0.05, 0) is 12.1 Å². The molecule has 1 aliphatic heterocycles. The van der Waals surface area contributed by atoms with Gasteiger partial charge in [0.2, 0.25) is 0 Å². The molecule has 13 nitrogen and oxygen atoms in total. The minimum Gasteiger partial charge on any atom is -0.453 e. The molecular formula is C13H17NO12S2. The van der Waals surface area contributed by atoms with Crippen molar-refractivity contribution in [2.24, 2.45) is 5.73 Å². The first-order valence-electron chi connectivity index (χ1n) is 7.52. The number of ether oxygens (including phenoxy) is 2. The van der Waals surface area contributed by atoms with Crippen LogP contribution in [0.15, 0.2) is 30.3 Å². The van der Waals surface area contributed by atoms with Crippen molar-refractivity contribution in [2.45, 2.75) is 30.7 Å². The van der Waals surface area contributed by atoms with Gasteiger partial charge in [-0.3, -0.25) is 9.11 Å². The van der Waals surface area contributed by atoms with Gasteiger partial charge < -0.3 is 20.3 Å². The molecule has 0 bridgehead atoms. The highest BCUT2D eigenvalue weighted by molar-refractivity contribution is 7.81. The summed E-state index contributed by atoms with van der Waals surface area (Å²) in [7, 11) is -10.4. The van der Waals surface area contributed by atoms with Gasteiger partial charge in [0.1, 0.15) is 12.2 Å². The van der Waals surface area contributed by atoms with E-state index in [0.29, 0.717) is 0 Å². The molecule has 0 aromatic heterocycles. The molecule has 0 saturated carbocycles. The van der Waals surface area contributed by atoms with Crippen LogP contribution in [0.5, 0.6) is 0 Å². The van der Waals surface area contributed by atoms with Crippen molar-refractivity contribution >= 4 is 26.8 Å². The van der Waals surface area contributed by atoms with E-state index in [4.69, 9.17) is 24.3 Å². The van der Waals surface area contributed by atoms with E-state index in [1.54, 1.807) is 6.07 Å². The number of carbonyl (C=O) groups is 1. The molecule has 1 aromatic carbocycles. The lowest BCUT2D eigenvalue weighted by Crippen LogP contribution is -2.62. The summed E-state index contributed by atoms with van der Waals surface area (Å²) in [6.07, 6.45) is -9.62. The molecule has 1 heterocycles. The van der Waals surface area contributed by atoms with Gasteiger partial charge >= 0.3 is 26.8 Å². The van der Waals surface area contributed by atoms with Gasteiger partial charge in [-0.15, -0.1) is 0 Å². The average molecular weight is 443 g/mol. The van der Waals surface area contributed by atoms with Crippen LogP contribution in [0, 0.1) is 0 Å². The maximum Gasteiger partial charge on any atom is 0.397 e. The fourth-order valence-corrected chi connectivity index (χ4v) is 3.48. The normalized spacial score (nSPS) is 28.6. The lowest BCUT2D eigenvalue weighted by molar-refractivity contribution is -0.267. The standard InChI is InChI=1S/C13H17NO12S2/c14-6-8-9(25-27(17,18)19)10(11(13(16)23-8)26-28(20,21)22)24-12(15)7-4-2-1-3-5-7/h1-5,8-11,13,16H,6,14H2,(H,17,18,19)(H,20,21,22)/t8-,9-,10+,11+,13+/m1/s1. The summed E-state index contributed by atoms with van der Waals surface area (Å²) in [5.41, 5.74) is 5.39. The predicted octanol–water partition coefficient (Wildman–Crippen LogP) is -1.74. The van der Waals surface area contributed by atoms with E-state index in [-0.39, 0.29) is 5.56 Å². The van der Waals surface area contributed by atoms with Crippen LogP contribution < -0.4 is 5.73 Å². The number of nitrogens with two attached hydrogens (primary N) is 1. The van der Waals surface area contributed by atoms with Gasteiger partial charge in [0.05, 0.1) is 5.56 Å². The molecule has 158 valence electrons. The summed E-state index contributed by atoms with van der Waals surface area (Å²) in [6.45, 7) is -0.491. The highest BCUT2D eigenvalue weighted by Crippen LogP contribution is 2.29. The monoisotopic (exact) mass is 443 g/mol. The van der Waals surface area contributed by atoms with Gasteiger partial charge in [0.25, 0.3) is 0 Å². The molecule has 0 aliphatic carbocycles. The molecule has 1 aromatic rings. The molecule has 0 spiro atoms. The smallest absolute Gasteiger partial charge is 0.397 e. The Morgan fingerprint density at radius 3 is 2.04 bits per heavy atom. The van der Waals surface area contributed by atoms with E-state index < -0.39 is 64.0 Å². The lowest BCUT2D eigenvalue weighted by Gasteiger charge is -2.41. The first-order chi connectivity index (χ1) is 12.9. The molecule has 1 saturated heterocycles. The summed E-state index contributed by atoms with van der Waals surface area (Å²) in [4.78, 5) is 12.3. The molecule has 2 rings (SSSR count). The van der Waals surface area contributed by atoms with Gasteiger partial charge in [0, 0.05) is 6.54 Å². The third kappa shape index (κ3) is 6.16. The van der Waals surface area contributed by atoms with Crippen LogP contribution >= 0.6 is 0 Å². The fourth-order valence-electron chi connectivity index (χ4n) is 2.48. The quantitative estimate of drug-likeness (QED) is 0.273. The van der Waals surface area contributed by atoms with Crippen molar-refractivity contribution in [1.29, 1.82) is 0 Å². The van der Waals surface area contributed by atoms with E-state index in [1.807, 2.05) is 0 Å². The first-order valence-corrected chi connectivity index (χ1v) is 10.3. The van der Waals surface area contributed by atoms with Crippen LogP contribution in [0.3, 0.4) is 0 Å².